The smallest absolute Gasteiger partial charge is 0.230 e. The number of rotatable bonds is 3. The highest BCUT2D eigenvalue weighted by Crippen LogP contribution is 2.42. The number of halogens is 1. The van der Waals surface area contributed by atoms with Crippen LogP contribution >= 0.6 is 11.6 Å². The highest BCUT2D eigenvalue weighted by Gasteiger charge is 2.39. The maximum atomic E-state index is 12.4. The molecule has 1 aromatic carbocycles. The van der Waals surface area contributed by atoms with E-state index in [4.69, 9.17) is 16.9 Å². The first-order valence-electron chi connectivity index (χ1n) is 6.62. The monoisotopic (exact) mass is 276 g/mol. The average Bonchev–Trinajstić information content (AvgIpc) is 2.91. The van der Waals surface area contributed by atoms with E-state index >= 15 is 0 Å². The third kappa shape index (κ3) is 2.74. The van der Waals surface area contributed by atoms with Gasteiger partial charge >= 0.3 is 0 Å². The minimum absolute atomic E-state index is 0.0547. The molecule has 1 fully saturated rings. The van der Waals surface area contributed by atoms with Gasteiger partial charge < -0.3 is 5.32 Å². The molecule has 0 radical (unpaired) electrons. The van der Waals surface area contributed by atoms with E-state index in [2.05, 4.69) is 12.2 Å². The summed E-state index contributed by atoms with van der Waals surface area (Å²) >= 11 is 6.08. The third-order valence-electron chi connectivity index (χ3n) is 4.07. The van der Waals surface area contributed by atoms with Crippen molar-refractivity contribution in [1.29, 1.82) is 5.26 Å². The van der Waals surface area contributed by atoms with Gasteiger partial charge in [-0.05, 0) is 37.5 Å². The van der Waals surface area contributed by atoms with Crippen LogP contribution in [0.4, 0.5) is 5.69 Å². The van der Waals surface area contributed by atoms with Crippen molar-refractivity contribution < 1.29 is 4.79 Å². The van der Waals surface area contributed by atoms with Gasteiger partial charge in [0.25, 0.3) is 0 Å². The lowest BCUT2D eigenvalue weighted by atomic mass is 9.82. The summed E-state index contributed by atoms with van der Waals surface area (Å²) in [6, 6.07) is 6.95. The van der Waals surface area contributed by atoms with Crippen LogP contribution in [0.3, 0.4) is 0 Å². The molecule has 1 amide bonds. The summed E-state index contributed by atoms with van der Waals surface area (Å²) in [5.74, 6) is 0.0547. The van der Waals surface area contributed by atoms with Gasteiger partial charge in [0.15, 0.2) is 0 Å². The zero-order chi connectivity index (χ0) is 13.9. The topological polar surface area (TPSA) is 52.9 Å². The third-order valence-corrected chi connectivity index (χ3v) is 4.38. The van der Waals surface area contributed by atoms with E-state index in [0.717, 1.165) is 32.1 Å². The van der Waals surface area contributed by atoms with Gasteiger partial charge in [-0.2, -0.15) is 5.26 Å². The molecule has 0 unspecified atom stereocenters. The van der Waals surface area contributed by atoms with Crippen LogP contribution in [-0.4, -0.2) is 5.91 Å². The molecule has 0 aromatic heterocycles. The molecular weight excluding hydrogens is 260 g/mol. The lowest BCUT2D eigenvalue weighted by Gasteiger charge is -2.26. The summed E-state index contributed by atoms with van der Waals surface area (Å²) in [5.41, 5.74) is 0.844. The predicted octanol–water partition coefficient (Wildman–Crippen LogP) is 4.12. The van der Waals surface area contributed by atoms with Gasteiger partial charge in [0.05, 0.1) is 22.3 Å². The van der Waals surface area contributed by atoms with Gasteiger partial charge in [0, 0.05) is 5.41 Å². The Kier molecular flexibility index (Phi) is 4.11. The van der Waals surface area contributed by atoms with Crippen molar-refractivity contribution in [2.45, 2.75) is 39.0 Å². The Morgan fingerprint density at radius 3 is 2.68 bits per heavy atom. The summed E-state index contributed by atoms with van der Waals surface area (Å²) in [6.07, 6.45) is 4.98. The molecule has 19 heavy (non-hydrogen) atoms. The number of anilines is 1. The molecule has 0 saturated heterocycles. The molecule has 0 bridgehead atoms. The molecule has 0 atom stereocenters. The highest BCUT2D eigenvalue weighted by atomic mass is 35.5. The number of carbonyl (C=O) groups is 1. The van der Waals surface area contributed by atoms with Crippen LogP contribution in [0.2, 0.25) is 5.02 Å². The Morgan fingerprint density at radius 1 is 1.47 bits per heavy atom. The van der Waals surface area contributed by atoms with Crippen LogP contribution in [0.5, 0.6) is 0 Å². The second-order valence-corrected chi connectivity index (χ2v) is 5.51. The number of hydrogen-bond donors (Lipinski definition) is 1. The molecule has 1 aromatic rings. The molecular formula is C15H17ClN2O. The maximum Gasteiger partial charge on any atom is 0.230 e. The largest absolute Gasteiger partial charge is 0.324 e. The normalized spacial score (nSPS) is 16.9. The van der Waals surface area contributed by atoms with Crippen molar-refractivity contribution in [3.63, 3.8) is 0 Å². The quantitative estimate of drug-likeness (QED) is 0.903. The predicted molar refractivity (Wildman–Crippen MR) is 76.0 cm³/mol. The number of nitrogens with one attached hydrogen (secondary N) is 1. The summed E-state index contributed by atoms with van der Waals surface area (Å²) in [4.78, 5) is 12.4. The Balaban J connectivity index is 2.17. The second kappa shape index (κ2) is 5.63. The summed E-state index contributed by atoms with van der Waals surface area (Å²) < 4.78 is 0. The number of nitriles is 1. The molecule has 1 aliphatic rings. The maximum absolute atomic E-state index is 12.4. The molecule has 0 aliphatic heterocycles. The summed E-state index contributed by atoms with van der Waals surface area (Å²) in [7, 11) is 0. The van der Waals surface area contributed by atoms with Crippen LogP contribution in [0, 0.1) is 16.7 Å². The van der Waals surface area contributed by atoms with Crippen molar-refractivity contribution in [2.24, 2.45) is 5.41 Å². The Bertz CT molecular complexity index is 527. The number of nitrogens with zero attached hydrogens (tertiary/aromatic N) is 1. The van der Waals surface area contributed by atoms with Crippen molar-refractivity contribution in [3.05, 3.63) is 28.8 Å². The molecule has 2 rings (SSSR count). The molecule has 4 heteroatoms. The molecule has 0 spiro atoms. The number of amides is 1. The van der Waals surface area contributed by atoms with Crippen LogP contribution in [0.1, 0.15) is 44.6 Å². The number of hydrogen-bond acceptors (Lipinski definition) is 2. The molecule has 1 saturated carbocycles. The first-order chi connectivity index (χ1) is 9.11. The Labute approximate surface area is 118 Å². The Morgan fingerprint density at radius 2 is 2.16 bits per heavy atom. The van der Waals surface area contributed by atoms with Gasteiger partial charge in [-0.15, -0.1) is 0 Å². The van der Waals surface area contributed by atoms with Gasteiger partial charge in [0.1, 0.15) is 0 Å². The van der Waals surface area contributed by atoms with Gasteiger partial charge in [0.2, 0.25) is 5.91 Å². The molecule has 100 valence electrons. The van der Waals surface area contributed by atoms with E-state index in [1.54, 1.807) is 18.2 Å². The lowest BCUT2D eigenvalue weighted by molar-refractivity contribution is -0.125. The van der Waals surface area contributed by atoms with Crippen LogP contribution in [0.25, 0.3) is 0 Å². The van der Waals surface area contributed by atoms with Crippen LogP contribution < -0.4 is 5.32 Å². The zero-order valence-corrected chi connectivity index (χ0v) is 11.8. The van der Waals surface area contributed by atoms with Crippen molar-refractivity contribution in [1.82, 2.24) is 0 Å². The van der Waals surface area contributed by atoms with E-state index in [1.165, 1.54) is 0 Å². The fourth-order valence-corrected chi connectivity index (χ4v) is 2.96. The summed E-state index contributed by atoms with van der Waals surface area (Å²) in [6.45, 7) is 2.06. The van der Waals surface area contributed by atoms with Gasteiger partial charge in [-0.25, -0.2) is 0 Å². The minimum Gasteiger partial charge on any atom is -0.324 e. The van der Waals surface area contributed by atoms with E-state index < -0.39 is 0 Å². The molecule has 1 aliphatic carbocycles. The van der Waals surface area contributed by atoms with E-state index in [1.807, 2.05) is 6.07 Å². The van der Waals surface area contributed by atoms with E-state index in [0.29, 0.717) is 16.3 Å². The first-order valence-corrected chi connectivity index (χ1v) is 7.00. The van der Waals surface area contributed by atoms with Gasteiger partial charge in [-0.1, -0.05) is 31.4 Å². The Hall–Kier alpha value is -1.53. The fraction of sp³-hybridized carbons (Fsp3) is 0.467. The average molecular weight is 277 g/mol. The zero-order valence-electron chi connectivity index (χ0n) is 11.0. The van der Waals surface area contributed by atoms with E-state index in [-0.39, 0.29) is 11.3 Å². The summed E-state index contributed by atoms with van der Waals surface area (Å²) in [5, 5.41) is 12.1. The highest BCUT2D eigenvalue weighted by molar-refractivity contribution is 6.33. The SMILES string of the molecule is CCC1(C(=O)Nc2ccc(C#N)cc2Cl)CCCC1. The lowest BCUT2D eigenvalue weighted by Crippen LogP contribution is -2.33. The molecule has 3 nitrogen and oxygen atoms in total. The van der Waals surface area contributed by atoms with Crippen molar-refractivity contribution >= 4 is 23.2 Å². The van der Waals surface area contributed by atoms with Crippen molar-refractivity contribution in [2.75, 3.05) is 5.32 Å². The standard InChI is InChI=1S/C15H17ClN2O/c1-2-15(7-3-4-8-15)14(19)18-13-6-5-11(10-17)9-12(13)16/h5-6,9H,2-4,7-8H2,1H3,(H,18,19). The van der Waals surface area contributed by atoms with Crippen LogP contribution in [-0.2, 0) is 4.79 Å². The van der Waals surface area contributed by atoms with Crippen LogP contribution in [0.15, 0.2) is 18.2 Å². The molecule has 1 N–H and O–H groups in total. The van der Waals surface area contributed by atoms with Gasteiger partial charge in [-0.3, -0.25) is 4.79 Å². The van der Waals surface area contributed by atoms with Crippen molar-refractivity contribution in [3.8, 4) is 6.07 Å². The fourth-order valence-electron chi connectivity index (χ4n) is 2.73. The van der Waals surface area contributed by atoms with E-state index in [9.17, 15) is 4.79 Å². The number of benzene rings is 1. The number of carbonyl (C=O) groups excluding carboxylic acids is 1. The minimum atomic E-state index is -0.239. The molecule has 0 heterocycles. The first kappa shape index (κ1) is 13.9. The second-order valence-electron chi connectivity index (χ2n) is 5.10.